The number of carboxylic acids is 1. The van der Waals surface area contributed by atoms with E-state index in [0.717, 1.165) is 19.3 Å². The van der Waals surface area contributed by atoms with Crippen molar-refractivity contribution in [1.29, 1.82) is 0 Å². The second kappa shape index (κ2) is 5.36. The minimum atomic E-state index is -1.01. The molecule has 19 heavy (non-hydrogen) atoms. The first-order chi connectivity index (χ1) is 9.07. The molecule has 1 aliphatic rings. The average Bonchev–Trinajstić information content (AvgIpc) is 2.36. The van der Waals surface area contributed by atoms with Crippen molar-refractivity contribution < 1.29 is 14.7 Å². The van der Waals surface area contributed by atoms with Crippen LogP contribution in [0.5, 0.6) is 0 Å². The molecular formula is C13H17N3O3. The van der Waals surface area contributed by atoms with Crippen LogP contribution in [0.2, 0.25) is 0 Å². The summed E-state index contributed by atoms with van der Waals surface area (Å²) in [6.07, 6.45) is 4.08. The third-order valence-corrected chi connectivity index (χ3v) is 3.68. The van der Waals surface area contributed by atoms with Gasteiger partial charge in [0, 0.05) is 12.7 Å². The van der Waals surface area contributed by atoms with Gasteiger partial charge < -0.3 is 16.2 Å². The summed E-state index contributed by atoms with van der Waals surface area (Å²) in [5.74, 6) is -1.07. The van der Waals surface area contributed by atoms with Gasteiger partial charge >= 0.3 is 5.97 Å². The zero-order chi connectivity index (χ0) is 13.9. The van der Waals surface area contributed by atoms with Crippen LogP contribution in [0.1, 0.15) is 35.3 Å². The smallest absolute Gasteiger partial charge is 0.335 e. The number of aromatic nitrogens is 1. The number of nitrogens with one attached hydrogen (secondary N) is 1. The lowest BCUT2D eigenvalue weighted by Gasteiger charge is -2.39. The molecule has 1 heterocycles. The van der Waals surface area contributed by atoms with Crippen LogP contribution in [0.3, 0.4) is 0 Å². The van der Waals surface area contributed by atoms with Gasteiger partial charge in [0.25, 0.3) is 0 Å². The number of hydrogen-bond acceptors (Lipinski definition) is 4. The maximum absolute atomic E-state index is 12.0. The van der Waals surface area contributed by atoms with Crippen molar-refractivity contribution in [2.75, 3.05) is 6.54 Å². The molecular weight excluding hydrogens is 246 g/mol. The van der Waals surface area contributed by atoms with Crippen LogP contribution in [-0.4, -0.2) is 28.5 Å². The van der Waals surface area contributed by atoms with E-state index in [-0.39, 0.29) is 18.0 Å². The molecule has 0 radical (unpaired) electrons. The van der Waals surface area contributed by atoms with E-state index in [2.05, 4.69) is 10.3 Å². The molecule has 0 spiro atoms. The first-order valence-corrected chi connectivity index (χ1v) is 6.24. The highest BCUT2D eigenvalue weighted by molar-refractivity contribution is 5.87. The Morgan fingerprint density at radius 3 is 2.74 bits per heavy atom. The molecule has 1 aromatic rings. The minimum Gasteiger partial charge on any atom is -0.478 e. The van der Waals surface area contributed by atoms with Crippen molar-refractivity contribution in [3.8, 4) is 0 Å². The highest BCUT2D eigenvalue weighted by Crippen LogP contribution is 2.39. The van der Waals surface area contributed by atoms with Gasteiger partial charge in [-0.2, -0.15) is 0 Å². The second-order valence-corrected chi connectivity index (χ2v) is 4.86. The lowest BCUT2D eigenvalue weighted by atomic mass is 9.68. The Balaban J connectivity index is 1.97. The largest absolute Gasteiger partial charge is 0.478 e. The van der Waals surface area contributed by atoms with Crippen molar-refractivity contribution in [2.24, 2.45) is 11.1 Å². The van der Waals surface area contributed by atoms with Gasteiger partial charge in [-0.3, -0.25) is 9.78 Å². The summed E-state index contributed by atoms with van der Waals surface area (Å²) in [6, 6.07) is 2.87. The number of carbonyl (C=O) groups excluding carboxylic acids is 1. The van der Waals surface area contributed by atoms with Crippen molar-refractivity contribution in [3.05, 3.63) is 29.6 Å². The highest BCUT2D eigenvalue weighted by Gasteiger charge is 2.42. The topological polar surface area (TPSA) is 105 Å². The van der Waals surface area contributed by atoms with Crippen LogP contribution in [-0.2, 0) is 11.3 Å². The van der Waals surface area contributed by atoms with E-state index in [1.807, 2.05) is 0 Å². The summed E-state index contributed by atoms with van der Waals surface area (Å²) in [5.41, 5.74) is 5.91. The fourth-order valence-corrected chi connectivity index (χ4v) is 2.19. The number of rotatable bonds is 5. The molecule has 1 fully saturated rings. The van der Waals surface area contributed by atoms with Crippen LogP contribution >= 0.6 is 0 Å². The molecule has 0 aliphatic heterocycles. The Bertz CT molecular complexity index is 492. The zero-order valence-electron chi connectivity index (χ0n) is 10.6. The second-order valence-electron chi connectivity index (χ2n) is 4.86. The number of nitrogens with two attached hydrogens (primary N) is 1. The van der Waals surface area contributed by atoms with Gasteiger partial charge in [0.05, 0.1) is 23.2 Å². The SMILES string of the molecule is NCC1(C(=O)NCc2cc(C(=O)O)ccn2)CCC1. The number of pyridine rings is 1. The van der Waals surface area contributed by atoms with Crippen molar-refractivity contribution in [2.45, 2.75) is 25.8 Å². The summed E-state index contributed by atoms with van der Waals surface area (Å²) >= 11 is 0. The van der Waals surface area contributed by atoms with Gasteiger partial charge in [0.1, 0.15) is 0 Å². The van der Waals surface area contributed by atoms with E-state index in [1.54, 1.807) is 0 Å². The molecule has 6 heteroatoms. The lowest BCUT2D eigenvalue weighted by molar-refractivity contribution is -0.135. The number of aromatic carboxylic acids is 1. The van der Waals surface area contributed by atoms with E-state index in [1.165, 1.54) is 18.3 Å². The van der Waals surface area contributed by atoms with E-state index in [4.69, 9.17) is 10.8 Å². The zero-order valence-corrected chi connectivity index (χ0v) is 10.6. The van der Waals surface area contributed by atoms with Crippen molar-refractivity contribution in [1.82, 2.24) is 10.3 Å². The molecule has 1 amide bonds. The molecule has 0 bridgehead atoms. The Labute approximate surface area is 111 Å². The number of hydrogen-bond donors (Lipinski definition) is 3. The maximum Gasteiger partial charge on any atom is 0.335 e. The van der Waals surface area contributed by atoms with Gasteiger partial charge in [-0.25, -0.2) is 4.79 Å². The van der Waals surface area contributed by atoms with E-state index in [0.29, 0.717) is 12.2 Å². The fraction of sp³-hybridized carbons (Fsp3) is 0.462. The van der Waals surface area contributed by atoms with Crippen molar-refractivity contribution in [3.63, 3.8) is 0 Å². The summed E-state index contributed by atoms with van der Waals surface area (Å²) in [4.78, 5) is 26.9. The van der Waals surface area contributed by atoms with Gasteiger partial charge in [-0.15, -0.1) is 0 Å². The van der Waals surface area contributed by atoms with E-state index < -0.39 is 11.4 Å². The molecule has 102 valence electrons. The summed E-state index contributed by atoms with van der Waals surface area (Å²) < 4.78 is 0. The van der Waals surface area contributed by atoms with Crippen LogP contribution in [0, 0.1) is 5.41 Å². The molecule has 0 unspecified atom stereocenters. The normalized spacial score (nSPS) is 16.5. The molecule has 1 saturated carbocycles. The monoisotopic (exact) mass is 263 g/mol. The van der Waals surface area contributed by atoms with Gasteiger partial charge in [-0.1, -0.05) is 6.42 Å². The molecule has 0 atom stereocenters. The Kier molecular flexibility index (Phi) is 3.80. The number of carboxylic acid groups (broad SMARTS) is 1. The molecule has 1 aromatic heterocycles. The third kappa shape index (κ3) is 2.73. The standard InChI is InChI=1S/C13H17N3O3/c14-8-13(3-1-4-13)12(19)16-7-10-6-9(11(17)18)2-5-15-10/h2,5-6H,1,3-4,7-8,14H2,(H,16,19)(H,17,18). The molecule has 4 N–H and O–H groups in total. The predicted molar refractivity (Wildman–Crippen MR) is 68.4 cm³/mol. The number of carbonyl (C=O) groups is 2. The van der Waals surface area contributed by atoms with Gasteiger partial charge in [0.15, 0.2) is 0 Å². The Morgan fingerprint density at radius 2 is 2.21 bits per heavy atom. The molecule has 0 aromatic carbocycles. The predicted octanol–water partition coefficient (Wildman–Crippen LogP) is 0.525. The first kappa shape index (κ1) is 13.5. The Morgan fingerprint density at radius 1 is 1.47 bits per heavy atom. The molecule has 0 saturated heterocycles. The number of amides is 1. The number of nitrogens with zero attached hydrogens (tertiary/aromatic N) is 1. The molecule has 6 nitrogen and oxygen atoms in total. The van der Waals surface area contributed by atoms with E-state index in [9.17, 15) is 9.59 Å². The fourth-order valence-electron chi connectivity index (χ4n) is 2.19. The maximum atomic E-state index is 12.0. The lowest BCUT2D eigenvalue weighted by Crippen LogP contribution is -2.50. The average molecular weight is 263 g/mol. The summed E-state index contributed by atoms with van der Waals surface area (Å²) in [6.45, 7) is 0.573. The third-order valence-electron chi connectivity index (χ3n) is 3.68. The molecule has 1 aliphatic carbocycles. The Hall–Kier alpha value is -1.95. The van der Waals surface area contributed by atoms with Gasteiger partial charge in [-0.05, 0) is 25.0 Å². The molecule has 2 rings (SSSR count). The van der Waals surface area contributed by atoms with Crippen molar-refractivity contribution >= 4 is 11.9 Å². The van der Waals surface area contributed by atoms with Crippen LogP contribution in [0.25, 0.3) is 0 Å². The summed E-state index contributed by atoms with van der Waals surface area (Å²) in [5, 5.41) is 11.7. The summed E-state index contributed by atoms with van der Waals surface area (Å²) in [7, 11) is 0. The minimum absolute atomic E-state index is 0.0659. The highest BCUT2D eigenvalue weighted by atomic mass is 16.4. The quantitative estimate of drug-likeness (QED) is 0.718. The van der Waals surface area contributed by atoms with Gasteiger partial charge in [0.2, 0.25) is 5.91 Å². The first-order valence-electron chi connectivity index (χ1n) is 6.24. The van der Waals surface area contributed by atoms with Crippen LogP contribution in [0.15, 0.2) is 18.3 Å². The van der Waals surface area contributed by atoms with E-state index >= 15 is 0 Å². The van der Waals surface area contributed by atoms with Crippen LogP contribution < -0.4 is 11.1 Å². The van der Waals surface area contributed by atoms with Crippen LogP contribution in [0.4, 0.5) is 0 Å².